The second-order valence-corrected chi connectivity index (χ2v) is 12.2. The third-order valence-electron chi connectivity index (χ3n) is 7.42. The van der Waals surface area contributed by atoms with Crippen molar-refractivity contribution in [3.63, 3.8) is 0 Å². The van der Waals surface area contributed by atoms with Crippen LogP contribution in [0.1, 0.15) is 90.8 Å². The molecule has 2 aliphatic rings. The number of ether oxygens (including phenoxy) is 1. The number of carbonyl (C=O) groups excluding carboxylic acids is 1. The Morgan fingerprint density at radius 2 is 1.89 bits per heavy atom. The first-order valence-corrected chi connectivity index (χ1v) is 15.5. The minimum absolute atomic E-state index is 0.00249. The van der Waals surface area contributed by atoms with Gasteiger partial charge in [-0.25, -0.2) is 4.79 Å². The average Bonchev–Trinajstić information content (AvgIpc) is 3.70. The van der Waals surface area contributed by atoms with Crippen molar-refractivity contribution in [2.75, 3.05) is 25.4 Å². The van der Waals surface area contributed by atoms with Gasteiger partial charge in [-0.15, -0.1) is 11.8 Å². The number of thioether (sulfide) groups is 1. The second-order valence-electron chi connectivity index (χ2n) is 10.2. The molecule has 1 aliphatic carbocycles. The number of phenolic OH excluding ortho intramolecular Hbond substituents is 1. The first-order valence-electron chi connectivity index (χ1n) is 13.7. The quantitative estimate of drug-likeness (QED) is 0.246. The third kappa shape index (κ3) is 5.45. The van der Waals surface area contributed by atoms with Gasteiger partial charge >= 0.3 is 5.97 Å². The van der Waals surface area contributed by atoms with E-state index in [1.165, 1.54) is 24.8 Å². The molecular weight excluding hydrogens is 548 g/mol. The predicted molar refractivity (Wildman–Crippen MR) is 156 cm³/mol. The van der Waals surface area contributed by atoms with E-state index < -0.39 is 0 Å². The van der Waals surface area contributed by atoms with Gasteiger partial charge in [0.1, 0.15) is 5.75 Å². The number of fused-ring (bicyclic) bond motifs is 1. The van der Waals surface area contributed by atoms with Gasteiger partial charge in [0.15, 0.2) is 0 Å². The zero-order valence-corrected chi connectivity index (χ0v) is 24.2. The number of hydrogen-bond donors (Lipinski definition) is 1. The van der Waals surface area contributed by atoms with Gasteiger partial charge in [-0.05, 0) is 85.4 Å². The molecule has 1 saturated carbocycles. The molecule has 0 spiro atoms. The molecule has 37 heavy (non-hydrogen) atoms. The van der Waals surface area contributed by atoms with Crippen molar-refractivity contribution >= 4 is 44.6 Å². The molecule has 198 valence electrons. The number of carbonyl (C=O) groups is 1. The maximum atomic E-state index is 13.8. The number of likely N-dealkylation sites (tertiary alicyclic amines) is 1. The topological polar surface area (TPSA) is 54.7 Å². The van der Waals surface area contributed by atoms with Gasteiger partial charge in [-0.2, -0.15) is 0 Å². The number of benzene rings is 2. The number of phenols is 1. The lowest BCUT2D eigenvalue weighted by molar-refractivity contribution is 0.0527. The van der Waals surface area contributed by atoms with E-state index in [0.717, 1.165) is 60.3 Å². The van der Waals surface area contributed by atoms with Crippen molar-refractivity contribution in [3.05, 3.63) is 63.3 Å². The van der Waals surface area contributed by atoms with Gasteiger partial charge in [0.05, 0.1) is 33.1 Å². The van der Waals surface area contributed by atoms with E-state index in [1.54, 1.807) is 0 Å². The van der Waals surface area contributed by atoms with Crippen LogP contribution in [0.2, 0.25) is 0 Å². The van der Waals surface area contributed by atoms with Crippen LogP contribution >= 0.6 is 27.7 Å². The molecule has 1 aliphatic heterocycles. The van der Waals surface area contributed by atoms with Gasteiger partial charge in [0.2, 0.25) is 0 Å². The molecule has 3 aromatic rings. The van der Waals surface area contributed by atoms with Crippen LogP contribution in [0.25, 0.3) is 10.9 Å². The molecule has 0 amide bonds. The van der Waals surface area contributed by atoms with Crippen LogP contribution in [-0.2, 0) is 11.3 Å². The fraction of sp³-hybridized carbons (Fsp3) is 0.500. The van der Waals surface area contributed by atoms with Gasteiger partial charge in [-0.3, -0.25) is 4.90 Å². The summed E-state index contributed by atoms with van der Waals surface area (Å²) in [7, 11) is 0. The van der Waals surface area contributed by atoms with Gasteiger partial charge in [0, 0.05) is 23.5 Å². The Labute approximate surface area is 232 Å². The largest absolute Gasteiger partial charge is 0.506 e. The highest BCUT2D eigenvalue weighted by Crippen LogP contribution is 2.51. The number of halogens is 1. The molecule has 5 rings (SSSR count). The Morgan fingerprint density at radius 3 is 2.54 bits per heavy atom. The predicted octanol–water partition coefficient (Wildman–Crippen LogP) is 7.84. The lowest BCUT2D eigenvalue weighted by Gasteiger charge is -2.27. The van der Waals surface area contributed by atoms with Crippen LogP contribution in [0.3, 0.4) is 0 Å². The molecule has 1 N–H and O–H groups in total. The van der Waals surface area contributed by atoms with Gasteiger partial charge < -0.3 is 14.4 Å². The first kappa shape index (κ1) is 26.6. The molecule has 1 unspecified atom stereocenters. The number of nitrogens with zero attached hydrogens (tertiary/aromatic N) is 2. The van der Waals surface area contributed by atoms with E-state index in [4.69, 9.17) is 4.74 Å². The third-order valence-corrected chi connectivity index (χ3v) is 9.50. The highest BCUT2D eigenvalue weighted by molar-refractivity contribution is 9.10. The fourth-order valence-electron chi connectivity index (χ4n) is 5.61. The second kappa shape index (κ2) is 11.8. The molecule has 0 radical (unpaired) electrons. The monoisotopic (exact) mass is 584 g/mol. The zero-order chi connectivity index (χ0) is 25.9. The summed E-state index contributed by atoms with van der Waals surface area (Å²) in [6.07, 6.45) is 6.83. The van der Waals surface area contributed by atoms with Gasteiger partial charge in [-0.1, -0.05) is 43.7 Å². The van der Waals surface area contributed by atoms with Gasteiger partial charge in [0.25, 0.3) is 0 Å². The van der Waals surface area contributed by atoms with Crippen LogP contribution < -0.4 is 0 Å². The number of piperidine rings is 1. The number of aromatic hydroxyl groups is 1. The molecule has 1 aromatic heterocycles. The minimum Gasteiger partial charge on any atom is -0.506 e. The Hall–Kier alpha value is -1.96. The highest BCUT2D eigenvalue weighted by atomic mass is 79.9. The normalized spacial score (nSPS) is 17.3. The lowest BCUT2D eigenvalue weighted by atomic mass is 9.99. The summed E-state index contributed by atoms with van der Waals surface area (Å²) >= 11 is 5.55. The maximum absolute atomic E-state index is 13.8. The van der Waals surface area contributed by atoms with Crippen molar-refractivity contribution < 1.29 is 14.6 Å². The van der Waals surface area contributed by atoms with Crippen LogP contribution in [0, 0.1) is 0 Å². The molecule has 5 nitrogen and oxygen atoms in total. The van der Waals surface area contributed by atoms with Crippen molar-refractivity contribution in [2.45, 2.75) is 70.2 Å². The molecule has 7 heteroatoms. The SMILES string of the molecule is CCCSC(c1ccccc1)c1c(C(=O)OCC)c2c(CN3CCCCC3)c(O)c(Br)cc2n1C1CC1. The van der Waals surface area contributed by atoms with Crippen molar-refractivity contribution in [1.29, 1.82) is 0 Å². The molecule has 2 heterocycles. The number of aromatic nitrogens is 1. The van der Waals surface area contributed by atoms with E-state index in [2.05, 4.69) is 56.6 Å². The van der Waals surface area contributed by atoms with E-state index in [9.17, 15) is 9.90 Å². The Morgan fingerprint density at radius 1 is 1.16 bits per heavy atom. The van der Waals surface area contributed by atoms with Crippen molar-refractivity contribution in [1.82, 2.24) is 9.47 Å². The molecule has 0 bridgehead atoms. The standard InChI is InChI=1S/C30H37BrN2O3S/c1-3-17-37-29(20-11-7-5-8-12-20)27-26(30(35)36-4-2)25-22(19-32-15-9-6-10-16-32)28(34)23(31)18-24(25)33(27)21-13-14-21/h5,7-8,11-12,18,21,29,34H,3-4,6,9-10,13-17,19H2,1-2H3. The lowest BCUT2D eigenvalue weighted by Crippen LogP contribution is -2.29. The molecular formula is C30H37BrN2O3S. The van der Waals surface area contributed by atoms with Crippen LogP contribution in [0.4, 0.5) is 0 Å². The maximum Gasteiger partial charge on any atom is 0.340 e. The number of rotatable bonds is 10. The highest BCUT2D eigenvalue weighted by Gasteiger charge is 2.38. The molecule has 1 atom stereocenters. The minimum atomic E-state index is -0.290. The Balaban J connectivity index is 1.81. The van der Waals surface area contributed by atoms with Crippen LogP contribution in [0.5, 0.6) is 5.75 Å². The Kier molecular flexibility index (Phi) is 8.52. The number of esters is 1. The average molecular weight is 586 g/mol. The van der Waals surface area contributed by atoms with E-state index in [-0.39, 0.29) is 17.0 Å². The first-order chi connectivity index (χ1) is 18.0. The van der Waals surface area contributed by atoms with Crippen molar-refractivity contribution in [3.8, 4) is 5.75 Å². The van der Waals surface area contributed by atoms with Crippen LogP contribution in [-0.4, -0.2) is 46.0 Å². The summed E-state index contributed by atoms with van der Waals surface area (Å²) in [5, 5.41) is 12.2. The summed E-state index contributed by atoms with van der Waals surface area (Å²) in [5.74, 6) is 0.936. The number of hydrogen-bond acceptors (Lipinski definition) is 5. The smallest absolute Gasteiger partial charge is 0.340 e. The summed E-state index contributed by atoms with van der Waals surface area (Å²) in [4.78, 5) is 16.2. The fourth-order valence-corrected chi connectivity index (χ4v) is 7.28. The summed E-state index contributed by atoms with van der Waals surface area (Å²) < 4.78 is 8.82. The zero-order valence-electron chi connectivity index (χ0n) is 21.8. The van der Waals surface area contributed by atoms with Crippen molar-refractivity contribution in [2.24, 2.45) is 0 Å². The van der Waals surface area contributed by atoms with Crippen LogP contribution in [0.15, 0.2) is 40.9 Å². The summed E-state index contributed by atoms with van der Waals surface area (Å²) in [5.41, 5.74) is 4.71. The summed E-state index contributed by atoms with van der Waals surface area (Å²) in [6, 6.07) is 12.9. The Bertz CT molecular complexity index is 1250. The van der Waals surface area contributed by atoms with E-state index in [1.807, 2.05) is 30.8 Å². The van der Waals surface area contributed by atoms with E-state index in [0.29, 0.717) is 29.2 Å². The molecule has 2 fully saturated rings. The molecule has 2 aromatic carbocycles. The summed E-state index contributed by atoms with van der Waals surface area (Å²) in [6.45, 7) is 7.02. The molecule has 1 saturated heterocycles. The van der Waals surface area contributed by atoms with E-state index >= 15 is 0 Å².